The van der Waals surface area contributed by atoms with Gasteiger partial charge < -0.3 is 39.0 Å². The summed E-state index contributed by atoms with van der Waals surface area (Å²) in [6.45, 7) is 4.67. The Balaban J connectivity index is 1.27. The van der Waals surface area contributed by atoms with Gasteiger partial charge in [0.05, 0.1) is 24.5 Å². The predicted octanol–water partition coefficient (Wildman–Crippen LogP) is 0.906. The fourth-order valence-electron chi connectivity index (χ4n) is 6.83. The van der Waals surface area contributed by atoms with Crippen LogP contribution in [0.2, 0.25) is 0 Å². The Bertz CT molecular complexity index is 1310. The molecule has 1 aromatic rings. The number of amides is 1. The minimum absolute atomic E-state index is 0.0642. The van der Waals surface area contributed by atoms with E-state index in [1.807, 2.05) is 19.2 Å². The first-order valence-electron chi connectivity index (χ1n) is 13.8. The Morgan fingerprint density at radius 2 is 1.95 bits per heavy atom. The van der Waals surface area contributed by atoms with Gasteiger partial charge in [-0.15, -0.1) is 0 Å². The van der Waals surface area contributed by atoms with Gasteiger partial charge in [-0.25, -0.2) is 4.79 Å². The number of carbonyl (C=O) groups is 4. The highest BCUT2D eigenvalue weighted by atomic mass is 16.6. The first kappa shape index (κ1) is 28.9. The predicted molar refractivity (Wildman–Crippen MR) is 142 cm³/mol. The van der Waals surface area contributed by atoms with Crippen molar-refractivity contribution in [1.29, 1.82) is 0 Å². The van der Waals surface area contributed by atoms with Gasteiger partial charge in [0.25, 0.3) is 5.91 Å². The molecule has 5 rings (SSSR count). The molecular weight excluding hydrogens is 536 g/mol. The Hall–Kier alpha value is -3.64. The molecule has 1 spiro atoms. The van der Waals surface area contributed by atoms with E-state index in [-0.39, 0.29) is 31.2 Å². The van der Waals surface area contributed by atoms with Crippen LogP contribution >= 0.6 is 0 Å². The summed E-state index contributed by atoms with van der Waals surface area (Å²) < 4.78 is 27.9. The topological polar surface area (TPSA) is 150 Å². The fourth-order valence-corrected chi connectivity index (χ4v) is 6.83. The summed E-state index contributed by atoms with van der Waals surface area (Å²) in [4.78, 5) is 50.5. The third kappa shape index (κ3) is 4.62. The SMILES string of the molecule is COc1ccc2c3c1O[C@H]1C(OC(=O)[C@H](C)OC(=O)CCNC(=O)[C@H](C)OC(C)=O)=CC[C@]4(O)C(C2)N(C)CC[C@]314. The molecule has 1 unspecified atom stereocenters. The minimum Gasteiger partial charge on any atom is -0.493 e. The van der Waals surface area contributed by atoms with Gasteiger partial charge in [0.1, 0.15) is 5.76 Å². The first-order valence-corrected chi connectivity index (χ1v) is 13.8. The molecule has 222 valence electrons. The van der Waals surface area contributed by atoms with E-state index in [4.69, 9.17) is 23.7 Å². The lowest BCUT2D eigenvalue weighted by Crippen LogP contribution is -2.74. The molecule has 41 heavy (non-hydrogen) atoms. The monoisotopic (exact) mass is 572 g/mol. The highest BCUT2D eigenvalue weighted by Gasteiger charge is 2.72. The molecule has 12 heteroatoms. The number of piperidine rings is 1. The van der Waals surface area contributed by atoms with Gasteiger partial charge in [-0.1, -0.05) is 6.07 Å². The lowest BCUT2D eigenvalue weighted by Gasteiger charge is -2.61. The number of likely N-dealkylation sites (tertiary alicyclic amines) is 1. The van der Waals surface area contributed by atoms with Crippen molar-refractivity contribution in [3.8, 4) is 11.5 Å². The normalized spacial score (nSPS) is 28.7. The molecule has 6 atom stereocenters. The molecule has 2 aliphatic heterocycles. The largest absolute Gasteiger partial charge is 0.493 e. The lowest BCUT2D eigenvalue weighted by atomic mass is 9.50. The zero-order chi connectivity index (χ0) is 29.7. The number of methoxy groups -OCH3 is 1. The average Bonchev–Trinajstić information content (AvgIpc) is 3.27. The maximum atomic E-state index is 13.1. The van der Waals surface area contributed by atoms with Gasteiger partial charge in [-0.3, -0.25) is 14.4 Å². The fraction of sp³-hybridized carbons (Fsp3) is 0.586. The van der Waals surface area contributed by atoms with Crippen LogP contribution in [0.3, 0.4) is 0 Å². The van der Waals surface area contributed by atoms with Crippen LogP contribution in [0.15, 0.2) is 24.0 Å². The second-order valence-electron chi connectivity index (χ2n) is 11.1. The number of ether oxygens (including phenoxy) is 5. The summed E-state index contributed by atoms with van der Waals surface area (Å²) in [5, 5.41) is 14.7. The summed E-state index contributed by atoms with van der Waals surface area (Å²) in [5.41, 5.74) is 0.0298. The van der Waals surface area contributed by atoms with Crippen molar-refractivity contribution < 1.29 is 48.0 Å². The third-order valence-electron chi connectivity index (χ3n) is 8.76. The van der Waals surface area contributed by atoms with Crippen LogP contribution in [0.25, 0.3) is 0 Å². The number of likely N-dealkylation sites (N-methyl/N-ethyl adjacent to an activating group) is 1. The number of rotatable bonds is 9. The molecule has 1 aromatic carbocycles. The molecule has 2 aliphatic carbocycles. The van der Waals surface area contributed by atoms with E-state index in [9.17, 15) is 24.3 Å². The minimum atomic E-state index is -1.23. The number of carbonyl (C=O) groups excluding carboxylic acids is 4. The van der Waals surface area contributed by atoms with Gasteiger partial charge in [0.2, 0.25) is 0 Å². The summed E-state index contributed by atoms with van der Waals surface area (Å²) in [5.74, 6) is -1.28. The molecule has 1 fully saturated rings. The van der Waals surface area contributed by atoms with E-state index in [1.165, 1.54) is 20.8 Å². The summed E-state index contributed by atoms with van der Waals surface area (Å²) in [6, 6.07) is 3.74. The Morgan fingerprint density at radius 3 is 2.66 bits per heavy atom. The average molecular weight is 573 g/mol. The number of benzene rings is 1. The summed E-state index contributed by atoms with van der Waals surface area (Å²) >= 11 is 0. The van der Waals surface area contributed by atoms with E-state index in [0.29, 0.717) is 24.3 Å². The van der Waals surface area contributed by atoms with Crippen LogP contribution < -0.4 is 14.8 Å². The molecule has 2 N–H and O–H groups in total. The zero-order valence-electron chi connectivity index (χ0n) is 23.9. The Morgan fingerprint density at radius 1 is 1.20 bits per heavy atom. The van der Waals surface area contributed by atoms with Gasteiger partial charge in [-0.2, -0.15) is 0 Å². The standard InChI is InChI=1S/C29H36N2O10/c1-15(38-17(3)32)26(34)30-12-9-22(33)39-16(2)27(35)40-20-8-10-29(36)21-14-18-6-7-19(37-5)24-23(18)28(29,25(20)41-24)11-13-31(21)4/h6-8,15-16,21,25,36H,9-14H2,1-5H3,(H,30,34)/t15-,16-,21?,25-,28-,29-/m0/s1. The number of hydrogen-bond acceptors (Lipinski definition) is 11. The highest BCUT2D eigenvalue weighted by Crippen LogP contribution is 2.65. The first-order chi connectivity index (χ1) is 19.4. The van der Waals surface area contributed by atoms with Crippen LogP contribution in [0, 0.1) is 0 Å². The number of hydrogen-bond donors (Lipinski definition) is 2. The van der Waals surface area contributed by atoms with Crippen molar-refractivity contribution in [3.63, 3.8) is 0 Å². The maximum absolute atomic E-state index is 13.1. The summed E-state index contributed by atoms with van der Waals surface area (Å²) in [7, 11) is 3.57. The molecule has 0 aromatic heterocycles. The van der Waals surface area contributed by atoms with Gasteiger partial charge in [0, 0.05) is 31.5 Å². The quantitative estimate of drug-likeness (QED) is 0.321. The Labute approximate surface area is 237 Å². The Kier molecular flexibility index (Phi) is 7.49. The molecule has 4 aliphatic rings. The van der Waals surface area contributed by atoms with Gasteiger partial charge in [0.15, 0.2) is 29.8 Å². The lowest BCUT2D eigenvalue weighted by molar-refractivity contribution is -0.175. The third-order valence-corrected chi connectivity index (χ3v) is 8.76. The van der Waals surface area contributed by atoms with Crippen LogP contribution in [-0.4, -0.2) is 91.0 Å². The van der Waals surface area contributed by atoms with Crippen LogP contribution in [0.1, 0.15) is 51.2 Å². The molecule has 0 saturated carbocycles. The number of nitrogens with zero attached hydrogens (tertiary/aromatic N) is 1. The van der Waals surface area contributed by atoms with Crippen molar-refractivity contribution in [1.82, 2.24) is 10.2 Å². The molecule has 2 heterocycles. The van der Waals surface area contributed by atoms with E-state index in [2.05, 4.69) is 10.2 Å². The molecule has 1 amide bonds. The highest BCUT2D eigenvalue weighted by molar-refractivity contribution is 5.84. The molecule has 1 saturated heterocycles. The molecular formula is C29H36N2O10. The molecule has 2 bridgehead atoms. The van der Waals surface area contributed by atoms with Gasteiger partial charge in [-0.05, 0) is 58.0 Å². The maximum Gasteiger partial charge on any atom is 0.352 e. The van der Waals surface area contributed by atoms with Crippen LogP contribution in [0.5, 0.6) is 11.5 Å². The van der Waals surface area contributed by atoms with Crippen LogP contribution in [-0.2, 0) is 45.2 Å². The number of nitrogens with one attached hydrogen (secondary N) is 1. The van der Waals surface area contributed by atoms with Crippen LogP contribution in [0.4, 0.5) is 0 Å². The van der Waals surface area contributed by atoms with E-state index < -0.39 is 53.1 Å². The molecule has 12 nitrogen and oxygen atoms in total. The second kappa shape index (κ2) is 10.6. The number of aliphatic hydroxyl groups is 1. The van der Waals surface area contributed by atoms with Gasteiger partial charge >= 0.3 is 17.9 Å². The van der Waals surface area contributed by atoms with E-state index >= 15 is 0 Å². The van der Waals surface area contributed by atoms with Crippen molar-refractivity contribution in [2.45, 2.75) is 81.8 Å². The zero-order valence-corrected chi connectivity index (χ0v) is 23.9. The molecule has 0 radical (unpaired) electrons. The van der Waals surface area contributed by atoms with Crippen molar-refractivity contribution in [3.05, 3.63) is 35.1 Å². The smallest absolute Gasteiger partial charge is 0.352 e. The number of esters is 3. The van der Waals surface area contributed by atoms with Crippen molar-refractivity contribution in [2.75, 3.05) is 27.2 Å². The second-order valence-corrected chi connectivity index (χ2v) is 11.1. The van der Waals surface area contributed by atoms with Crippen molar-refractivity contribution >= 4 is 23.8 Å². The van der Waals surface area contributed by atoms with E-state index in [0.717, 1.165) is 17.7 Å². The van der Waals surface area contributed by atoms with Crippen molar-refractivity contribution in [2.24, 2.45) is 0 Å². The summed E-state index contributed by atoms with van der Waals surface area (Å²) in [6.07, 6.45) is 0.0266. The van der Waals surface area contributed by atoms with E-state index in [1.54, 1.807) is 13.2 Å².